The van der Waals surface area contributed by atoms with Crippen molar-refractivity contribution in [1.29, 1.82) is 0 Å². The molecule has 1 aromatic carbocycles. The number of anilines is 3. The van der Waals surface area contributed by atoms with Gasteiger partial charge in [0, 0.05) is 32.8 Å². The Morgan fingerprint density at radius 2 is 1.60 bits per heavy atom. The molecule has 1 atom stereocenters. The Labute approximate surface area is 150 Å². The highest BCUT2D eigenvalue weighted by molar-refractivity contribution is 5.99. The van der Waals surface area contributed by atoms with Gasteiger partial charge < -0.3 is 19.9 Å². The SMILES string of the molecule is O=C(C[C@H]1CCCO1)Nc1c(N2CCCC2)cccc1N1CCCC1. The van der Waals surface area contributed by atoms with Crippen molar-refractivity contribution in [2.75, 3.05) is 47.9 Å². The quantitative estimate of drug-likeness (QED) is 0.890. The van der Waals surface area contributed by atoms with E-state index in [1.807, 2.05) is 0 Å². The molecule has 3 fully saturated rings. The predicted octanol–water partition coefficient (Wildman–Crippen LogP) is 3.39. The van der Waals surface area contributed by atoms with Crippen molar-refractivity contribution < 1.29 is 9.53 Å². The summed E-state index contributed by atoms with van der Waals surface area (Å²) in [6.45, 7) is 5.12. The molecule has 0 aliphatic carbocycles. The van der Waals surface area contributed by atoms with Crippen LogP contribution in [0.5, 0.6) is 0 Å². The van der Waals surface area contributed by atoms with Gasteiger partial charge >= 0.3 is 0 Å². The van der Waals surface area contributed by atoms with Crippen LogP contribution < -0.4 is 15.1 Å². The number of ether oxygens (including phenoxy) is 1. The molecule has 1 N–H and O–H groups in total. The first-order valence-corrected chi connectivity index (χ1v) is 9.85. The third-order valence-corrected chi connectivity index (χ3v) is 5.62. The number of benzene rings is 1. The average molecular weight is 343 g/mol. The Balaban J connectivity index is 1.58. The Hall–Kier alpha value is -1.75. The van der Waals surface area contributed by atoms with Gasteiger partial charge in [-0.15, -0.1) is 0 Å². The fourth-order valence-electron chi connectivity index (χ4n) is 4.30. The fourth-order valence-corrected chi connectivity index (χ4v) is 4.30. The lowest BCUT2D eigenvalue weighted by Crippen LogP contribution is -2.26. The van der Waals surface area contributed by atoms with Gasteiger partial charge in [-0.25, -0.2) is 0 Å². The van der Waals surface area contributed by atoms with Gasteiger partial charge in [-0.05, 0) is 50.7 Å². The lowest BCUT2D eigenvalue weighted by Gasteiger charge is -2.28. The molecule has 4 rings (SSSR count). The molecule has 5 heteroatoms. The van der Waals surface area contributed by atoms with Gasteiger partial charge in [0.1, 0.15) is 0 Å². The number of para-hydroxylation sites is 1. The first kappa shape index (κ1) is 16.7. The highest BCUT2D eigenvalue weighted by Crippen LogP contribution is 2.38. The molecule has 0 aromatic heterocycles. The van der Waals surface area contributed by atoms with Crippen molar-refractivity contribution in [2.24, 2.45) is 0 Å². The van der Waals surface area contributed by atoms with Crippen molar-refractivity contribution in [2.45, 2.75) is 51.0 Å². The van der Waals surface area contributed by atoms with Crippen LogP contribution in [0, 0.1) is 0 Å². The maximum absolute atomic E-state index is 12.7. The third-order valence-electron chi connectivity index (χ3n) is 5.62. The smallest absolute Gasteiger partial charge is 0.227 e. The number of nitrogens with one attached hydrogen (secondary N) is 1. The van der Waals surface area contributed by atoms with E-state index in [2.05, 4.69) is 33.3 Å². The lowest BCUT2D eigenvalue weighted by atomic mass is 10.1. The summed E-state index contributed by atoms with van der Waals surface area (Å²) < 4.78 is 5.64. The average Bonchev–Trinajstić information content (AvgIpc) is 3.38. The van der Waals surface area contributed by atoms with E-state index in [-0.39, 0.29) is 12.0 Å². The van der Waals surface area contributed by atoms with Crippen molar-refractivity contribution in [3.05, 3.63) is 18.2 Å². The van der Waals surface area contributed by atoms with Crippen LogP contribution in [0.1, 0.15) is 44.9 Å². The van der Waals surface area contributed by atoms with E-state index in [4.69, 9.17) is 4.74 Å². The van der Waals surface area contributed by atoms with E-state index < -0.39 is 0 Å². The Morgan fingerprint density at radius 3 is 2.12 bits per heavy atom. The molecule has 3 aliphatic heterocycles. The van der Waals surface area contributed by atoms with Gasteiger partial charge in [0.05, 0.1) is 29.6 Å². The summed E-state index contributed by atoms with van der Waals surface area (Å²) in [6.07, 6.45) is 7.56. The molecule has 3 saturated heterocycles. The molecule has 1 amide bonds. The minimum absolute atomic E-state index is 0.0824. The second-order valence-corrected chi connectivity index (χ2v) is 7.45. The molecule has 136 valence electrons. The van der Waals surface area contributed by atoms with Crippen LogP contribution in [-0.4, -0.2) is 44.8 Å². The van der Waals surface area contributed by atoms with Crippen LogP contribution in [0.4, 0.5) is 17.1 Å². The summed E-state index contributed by atoms with van der Waals surface area (Å²) in [5.74, 6) is 0.0824. The van der Waals surface area contributed by atoms with Crippen LogP contribution in [0.15, 0.2) is 18.2 Å². The molecule has 5 nitrogen and oxygen atoms in total. The van der Waals surface area contributed by atoms with Gasteiger partial charge in [0.25, 0.3) is 0 Å². The standard InChI is InChI=1S/C20H29N3O2/c24-19(15-16-7-6-14-25-16)21-20-17(22-10-1-2-11-22)8-5-9-18(20)23-12-3-4-13-23/h5,8-9,16H,1-4,6-7,10-15H2,(H,21,24)/t16-/m1/s1. The van der Waals surface area contributed by atoms with Gasteiger partial charge in [0.15, 0.2) is 0 Å². The number of hydrogen-bond donors (Lipinski definition) is 1. The minimum Gasteiger partial charge on any atom is -0.378 e. The Morgan fingerprint density at radius 1 is 1.00 bits per heavy atom. The van der Waals surface area contributed by atoms with E-state index in [1.165, 1.54) is 37.1 Å². The summed E-state index contributed by atoms with van der Waals surface area (Å²) in [5.41, 5.74) is 3.37. The second kappa shape index (κ2) is 7.65. The number of hydrogen-bond acceptors (Lipinski definition) is 4. The zero-order valence-corrected chi connectivity index (χ0v) is 15.0. The summed E-state index contributed by atoms with van der Waals surface area (Å²) in [5, 5.41) is 3.26. The molecule has 3 heterocycles. The topological polar surface area (TPSA) is 44.8 Å². The largest absolute Gasteiger partial charge is 0.378 e. The normalized spacial score (nSPS) is 23.4. The van der Waals surface area contributed by atoms with Gasteiger partial charge in [-0.2, -0.15) is 0 Å². The van der Waals surface area contributed by atoms with E-state index in [1.54, 1.807) is 0 Å². The highest BCUT2D eigenvalue weighted by atomic mass is 16.5. The summed E-state index contributed by atoms with van der Waals surface area (Å²) >= 11 is 0. The van der Waals surface area contributed by atoms with Gasteiger partial charge in [-0.1, -0.05) is 6.07 Å². The van der Waals surface area contributed by atoms with Gasteiger partial charge in [-0.3, -0.25) is 4.79 Å². The number of carbonyl (C=O) groups is 1. The van der Waals surface area contributed by atoms with Crippen molar-refractivity contribution >= 4 is 23.0 Å². The second-order valence-electron chi connectivity index (χ2n) is 7.45. The molecule has 0 saturated carbocycles. The molecular weight excluding hydrogens is 314 g/mol. The molecule has 0 bridgehead atoms. The Bertz CT molecular complexity index is 567. The van der Waals surface area contributed by atoms with Crippen LogP contribution in [0.2, 0.25) is 0 Å². The fraction of sp³-hybridized carbons (Fsp3) is 0.650. The first-order valence-electron chi connectivity index (χ1n) is 9.85. The molecule has 1 aromatic rings. The molecule has 0 unspecified atom stereocenters. The van der Waals surface area contributed by atoms with E-state index in [0.717, 1.165) is 51.3 Å². The lowest BCUT2D eigenvalue weighted by molar-refractivity contribution is -0.118. The van der Waals surface area contributed by atoms with E-state index in [0.29, 0.717) is 6.42 Å². The van der Waals surface area contributed by atoms with Crippen LogP contribution in [-0.2, 0) is 9.53 Å². The predicted molar refractivity (Wildman–Crippen MR) is 102 cm³/mol. The number of carbonyl (C=O) groups excluding carboxylic acids is 1. The molecule has 0 radical (unpaired) electrons. The molecule has 25 heavy (non-hydrogen) atoms. The first-order chi connectivity index (χ1) is 12.3. The number of rotatable bonds is 5. The van der Waals surface area contributed by atoms with E-state index >= 15 is 0 Å². The molecule has 3 aliphatic rings. The van der Waals surface area contributed by atoms with Crippen molar-refractivity contribution in [3.8, 4) is 0 Å². The van der Waals surface area contributed by atoms with Crippen LogP contribution in [0.3, 0.4) is 0 Å². The zero-order chi connectivity index (χ0) is 17.1. The van der Waals surface area contributed by atoms with Crippen molar-refractivity contribution in [3.63, 3.8) is 0 Å². The third kappa shape index (κ3) is 3.76. The van der Waals surface area contributed by atoms with Crippen LogP contribution >= 0.6 is 0 Å². The summed E-state index contributed by atoms with van der Waals surface area (Å²) in [7, 11) is 0. The summed E-state index contributed by atoms with van der Waals surface area (Å²) in [6, 6.07) is 6.45. The maximum atomic E-state index is 12.7. The number of amides is 1. The van der Waals surface area contributed by atoms with Crippen LogP contribution in [0.25, 0.3) is 0 Å². The van der Waals surface area contributed by atoms with E-state index in [9.17, 15) is 4.79 Å². The molecule has 0 spiro atoms. The number of nitrogens with zero attached hydrogens (tertiary/aromatic N) is 2. The zero-order valence-electron chi connectivity index (χ0n) is 15.0. The minimum atomic E-state index is 0.0824. The monoisotopic (exact) mass is 343 g/mol. The summed E-state index contributed by atoms with van der Waals surface area (Å²) in [4.78, 5) is 17.5. The molecular formula is C20H29N3O2. The highest BCUT2D eigenvalue weighted by Gasteiger charge is 2.25. The Kier molecular flexibility index (Phi) is 5.11. The van der Waals surface area contributed by atoms with Gasteiger partial charge in [0.2, 0.25) is 5.91 Å². The van der Waals surface area contributed by atoms with Crippen molar-refractivity contribution in [1.82, 2.24) is 0 Å². The maximum Gasteiger partial charge on any atom is 0.227 e.